The summed E-state index contributed by atoms with van der Waals surface area (Å²) in [7, 11) is -1.89. The van der Waals surface area contributed by atoms with Crippen molar-refractivity contribution in [1.29, 1.82) is 0 Å². The van der Waals surface area contributed by atoms with Gasteiger partial charge >= 0.3 is 0 Å². The zero-order valence-electron chi connectivity index (χ0n) is 18.7. The minimum atomic E-state index is -1.89. The molecule has 0 saturated carbocycles. The van der Waals surface area contributed by atoms with Gasteiger partial charge in [-0.05, 0) is 58.4 Å². The molecule has 0 bridgehead atoms. The van der Waals surface area contributed by atoms with Gasteiger partial charge in [0.05, 0.1) is 8.07 Å². The fourth-order valence-corrected chi connectivity index (χ4v) is 10.9. The number of rotatable bonds is 2. The Hall–Kier alpha value is -2.90. The van der Waals surface area contributed by atoms with Crippen LogP contribution in [0.1, 0.15) is 44.5 Å². The number of benzene rings is 4. The molecule has 31 heavy (non-hydrogen) atoms. The normalized spacial score (nSPS) is 18.3. The third-order valence-corrected chi connectivity index (χ3v) is 11.9. The average Bonchev–Trinajstić information content (AvgIpc) is 3.26. The molecule has 2 unspecified atom stereocenters. The van der Waals surface area contributed by atoms with Crippen LogP contribution in [0.3, 0.4) is 0 Å². The first kappa shape index (κ1) is 18.8. The summed E-state index contributed by atoms with van der Waals surface area (Å²) in [5, 5.41) is 0. The summed E-state index contributed by atoms with van der Waals surface area (Å²) < 4.78 is 0. The Bertz CT molecular complexity index is 1240. The quantitative estimate of drug-likeness (QED) is 0.290. The molecule has 0 saturated heterocycles. The second kappa shape index (κ2) is 6.55. The minimum absolute atomic E-state index is 0.503. The summed E-state index contributed by atoms with van der Waals surface area (Å²) in [6.07, 6.45) is 0. The molecule has 4 aromatic carbocycles. The Balaban J connectivity index is 1.62. The van der Waals surface area contributed by atoms with Gasteiger partial charge in [0, 0.05) is 11.1 Å². The summed E-state index contributed by atoms with van der Waals surface area (Å²) >= 11 is 0. The lowest BCUT2D eigenvalue weighted by atomic mass is 10.0. The molecule has 2 aliphatic rings. The van der Waals surface area contributed by atoms with Crippen LogP contribution in [0.2, 0.25) is 13.1 Å². The van der Waals surface area contributed by atoms with Gasteiger partial charge in [0.2, 0.25) is 0 Å². The van der Waals surface area contributed by atoms with Gasteiger partial charge in [-0.1, -0.05) is 109 Å². The second-order valence-corrected chi connectivity index (χ2v) is 14.8. The minimum Gasteiger partial charge on any atom is -0.0679 e. The van der Waals surface area contributed by atoms with E-state index in [-0.39, 0.29) is 0 Å². The van der Waals surface area contributed by atoms with Gasteiger partial charge in [0.1, 0.15) is 0 Å². The highest BCUT2D eigenvalue weighted by Crippen LogP contribution is 2.57. The van der Waals surface area contributed by atoms with Crippen molar-refractivity contribution in [3.8, 4) is 22.3 Å². The molecular formula is C30H28Si. The van der Waals surface area contributed by atoms with Crippen LogP contribution in [0.15, 0.2) is 84.9 Å². The lowest BCUT2D eigenvalue weighted by molar-refractivity contribution is 1.01. The first-order valence-electron chi connectivity index (χ1n) is 11.4. The second-order valence-electron chi connectivity index (χ2n) is 10.0. The molecule has 0 aromatic heterocycles. The van der Waals surface area contributed by atoms with Crippen molar-refractivity contribution in [2.24, 2.45) is 0 Å². The Morgan fingerprint density at radius 3 is 1.32 bits per heavy atom. The summed E-state index contributed by atoms with van der Waals surface area (Å²) in [4.78, 5) is 0. The largest absolute Gasteiger partial charge is 0.0731 e. The van der Waals surface area contributed by atoms with E-state index in [9.17, 15) is 0 Å². The number of fused-ring (bicyclic) bond motifs is 6. The van der Waals surface area contributed by atoms with Crippen LogP contribution in [0.5, 0.6) is 0 Å². The Labute approximate surface area is 186 Å². The van der Waals surface area contributed by atoms with E-state index in [1.54, 1.807) is 22.3 Å². The van der Waals surface area contributed by atoms with E-state index < -0.39 is 8.07 Å². The van der Waals surface area contributed by atoms with E-state index in [4.69, 9.17) is 0 Å². The highest BCUT2D eigenvalue weighted by Gasteiger charge is 2.49. The Kier molecular flexibility index (Phi) is 3.98. The third kappa shape index (κ3) is 2.60. The molecule has 2 atom stereocenters. The van der Waals surface area contributed by atoms with Crippen molar-refractivity contribution < 1.29 is 0 Å². The summed E-state index contributed by atoms with van der Waals surface area (Å²) in [5.74, 6) is 0. The molecule has 0 radical (unpaired) electrons. The Morgan fingerprint density at radius 2 is 0.871 bits per heavy atom. The van der Waals surface area contributed by atoms with Gasteiger partial charge in [-0.3, -0.25) is 0 Å². The van der Waals surface area contributed by atoms with Crippen molar-refractivity contribution in [3.63, 3.8) is 0 Å². The highest BCUT2D eigenvalue weighted by molar-refractivity contribution is 6.82. The number of hydrogen-bond acceptors (Lipinski definition) is 0. The molecule has 0 amide bonds. The van der Waals surface area contributed by atoms with E-state index in [1.807, 2.05) is 0 Å². The lowest BCUT2D eigenvalue weighted by Gasteiger charge is -2.38. The van der Waals surface area contributed by atoms with E-state index in [0.29, 0.717) is 11.1 Å². The van der Waals surface area contributed by atoms with Gasteiger partial charge in [-0.25, -0.2) is 0 Å². The molecule has 6 rings (SSSR count). The molecule has 0 aliphatic heterocycles. The number of hydrogen-bond donors (Lipinski definition) is 0. The summed E-state index contributed by atoms with van der Waals surface area (Å²) in [6, 6.07) is 32.5. The average molecular weight is 417 g/mol. The van der Waals surface area contributed by atoms with Crippen LogP contribution in [-0.2, 0) is 0 Å². The zero-order chi connectivity index (χ0) is 21.3. The van der Waals surface area contributed by atoms with Crippen LogP contribution < -0.4 is 0 Å². The lowest BCUT2D eigenvalue weighted by Crippen LogP contribution is -2.42. The first-order chi connectivity index (χ1) is 15.0. The predicted molar refractivity (Wildman–Crippen MR) is 134 cm³/mol. The third-order valence-electron chi connectivity index (χ3n) is 7.65. The van der Waals surface area contributed by atoms with E-state index in [0.717, 1.165) is 0 Å². The maximum atomic E-state index is 2.63. The molecule has 152 valence electrons. The molecule has 4 aromatic rings. The van der Waals surface area contributed by atoms with Crippen LogP contribution in [-0.4, -0.2) is 8.07 Å². The Morgan fingerprint density at radius 1 is 0.484 bits per heavy atom. The summed E-state index contributed by atoms with van der Waals surface area (Å²) in [6.45, 7) is 9.73. The predicted octanol–water partition coefficient (Wildman–Crippen LogP) is 8.02. The molecule has 2 aliphatic carbocycles. The van der Waals surface area contributed by atoms with Crippen LogP contribution >= 0.6 is 0 Å². The molecule has 0 spiro atoms. The van der Waals surface area contributed by atoms with E-state index >= 15 is 0 Å². The molecule has 0 N–H and O–H groups in total. The van der Waals surface area contributed by atoms with Gasteiger partial charge < -0.3 is 0 Å². The SMILES string of the molecule is Cc1ccc2c(c1)C([Si](C)(C)C1c3ccccc3-c3ccc(C)cc31)c1ccccc1-2. The fourth-order valence-electron chi connectivity index (χ4n) is 6.43. The van der Waals surface area contributed by atoms with Gasteiger partial charge in [0.25, 0.3) is 0 Å². The van der Waals surface area contributed by atoms with E-state index in [1.165, 1.54) is 33.4 Å². The monoisotopic (exact) mass is 416 g/mol. The highest BCUT2D eigenvalue weighted by atomic mass is 28.3. The maximum Gasteiger partial charge on any atom is 0.0731 e. The molecular weight excluding hydrogens is 388 g/mol. The smallest absolute Gasteiger partial charge is 0.0679 e. The molecule has 1 heteroatoms. The van der Waals surface area contributed by atoms with Crippen LogP contribution in [0.25, 0.3) is 22.3 Å². The maximum absolute atomic E-state index is 2.63. The van der Waals surface area contributed by atoms with Crippen LogP contribution in [0.4, 0.5) is 0 Å². The molecule has 0 nitrogen and oxygen atoms in total. The molecule has 0 heterocycles. The van der Waals surface area contributed by atoms with Gasteiger partial charge in [-0.15, -0.1) is 0 Å². The van der Waals surface area contributed by atoms with Crippen molar-refractivity contribution in [2.45, 2.75) is 38.0 Å². The van der Waals surface area contributed by atoms with Crippen molar-refractivity contribution in [3.05, 3.63) is 118 Å². The topological polar surface area (TPSA) is 0 Å². The summed E-state index contributed by atoms with van der Waals surface area (Å²) in [5.41, 5.74) is 15.7. The van der Waals surface area contributed by atoms with Crippen molar-refractivity contribution in [1.82, 2.24) is 0 Å². The van der Waals surface area contributed by atoms with Crippen molar-refractivity contribution >= 4 is 8.07 Å². The zero-order valence-corrected chi connectivity index (χ0v) is 19.7. The standard InChI is InChI=1S/C30H28Si/c1-19-13-15-23-21-9-5-7-11-25(21)29(27(23)17-19)31(3,4)30-26-12-8-6-10-22(26)24-16-14-20(2)18-28(24)30/h5-18,29-30H,1-4H3. The first-order valence-corrected chi connectivity index (χ1v) is 14.5. The van der Waals surface area contributed by atoms with Gasteiger partial charge in [-0.2, -0.15) is 0 Å². The van der Waals surface area contributed by atoms with Gasteiger partial charge in [0.15, 0.2) is 0 Å². The van der Waals surface area contributed by atoms with Crippen LogP contribution in [0, 0.1) is 13.8 Å². The van der Waals surface area contributed by atoms with Crippen molar-refractivity contribution in [2.75, 3.05) is 0 Å². The molecule has 0 fully saturated rings. The fraction of sp³-hybridized carbons (Fsp3) is 0.200. The van der Waals surface area contributed by atoms with E-state index in [2.05, 4.69) is 112 Å². The number of aryl methyl sites for hydroxylation is 2.